The minimum Gasteiger partial charge on any atom is -0.448 e. The van der Waals surface area contributed by atoms with Crippen molar-refractivity contribution < 1.29 is 24.0 Å². The van der Waals surface area contributed by atoms with Gasteiger partial charge >= 0.3 is 5.97 Å². The first-order valence-corrected chi connectivity index (χ1v) is 16.1. The third-order valence-electron chi connectivity index (χ3n) is 7.23. The first kappa shape index (κ1) is 30.7. The van der Waals surface area contributed by atoms with Crippen LogP contribution in [0.15, 0.2) is 120 Å². The highest BCUT2D eigenvalue weighted by atomic mass is 32.2. The molecular formula is C33H28N6O5S2. The highest BCUT2D eigenvalue weighted by Gasteiger charge is 2.54. The van der Waals surface area contributed by atoms with Crippen LogP contribution in [0.4, 0.5) is 5.13 Å². The van der Waals surface area contributed by atoms with Crippen molar-refractivity contribution in [3.05, 3.63) is 137 Å². The number of anilines is 1. The Morgan fingerprint density at radius 3 is 2.39 bits per heavy atom. The van der Waals surface area contributed by atoms with E-state index in [2.05, 4.69) is 27.0 Å². The number of esters is 1. The lowest BCUT2D eigenvalue weighted by atomic mass is 10.0. The second kappa shape index (κ2) is 13.8. The molecule has 0 aliphatic carbocycles. The highest BCUT2D eigenvalue weighted by Crippen LogP contribution is 2.42. The number of thioether (sulfide) groups is 1. The molecule has 2 aromatic carbocycles. The lowest BCUT2D eigenvalue weighted by Crippen LogP contribution is -2.71. The first-order chi connectivity index (χ1) is 22.4. The number of nitrogens with zero attached hydrogens (tertiary/aromatic N) is 4. The van der Waals surface area contributed by atoms with Gasteiger partial charge in [-0.05, 0) is 28.8 Å². The van der Waals surface area contributed by atoms with Gasteiger partial charge in [-0.3, -0.25) is 19.5 Å². The Labute approximate surface area is 272 Å². The zero-order chi connectivity index (χ0) is 32.0. The zero-order valence-corrected chi connectivity index (χ0v) is 25.9. The Bertz CT molecular complexity index is 1770. The fourth-order valence-corrected chi connectivity index (χ4v) is 6.88. The van der Waals surface area contributed by atoms with Crippen molar-refractivity contribution in [3.8, 4) is 0 Å². The van der Waals surface area contributed by atoms with Gasteiger partial charge in [0, 0.05) is 17.3 Å². The summed E-state index contributed by atoms with van der Waals surface area (Å²) >= 11 is 2.54. The van der Waals surface area contributed by atoms with E-state index in [4.69, 9.17) is 15.3 Å². The molecule has 4 aromatic rings. The molecule has 2 aliphatic heterocycles. The molecule has 0 spiro atoms. The fourth-order valence-electron chi connectivity index (χ4n) is 4.99. The predicted octanol–water partition coefficient (Wildman–Crippen LogP) is 4.21. The number of hydrogen-bond acceptors (Lipinski definition) is 11. The maximum atomic E-state index is 13.8. The molecule has 3 N–H and O–H groups in total. The standard InChI is InChI=1S/C33H28N6O5S2/c1-2-20-18-45-31-26(37-29(40)25(24-19-46-33(34)36-24)38-43-17-23-15-9-10-16-35-23)30(41)39(31)27(20)32(42)44-28(21-11-5-3-6-12-21)22-13-7-4-8-14-22/h2-16,19,26,28,31H,1,17-18H2,(H2,34,36)(H,37,40)/b38-25+/t26?,31-/m1/s1. The molecule has 232 valence electrons. The summed E-state index contributed by atoms with van der Waals surface area (Å²) in [5.41, 5.74) is 8.70. The highest BCUT2D eigenvalue weighted by molar-refractivity contribution is 8.00. The molecule has 13 heteroatoms. The minimum absolute atomic E-state index is 0.0133. The molecule has 2 atom stereocenters. The summed E-state index contributed by atoms with van der Waals surface area (Å²) in [6.07, 6.45) is 2.46. The molecule has 2 aliphatic rings. The summed E-state index contributed by atoms with van der Waals surface area (Å²) in [5.74, 6) is -1.44. The summed E-state index contributed by atoms with van der Waals surface area (Å²) in [7, 11) is 0. The maximum Gasteiger partial charge on any atom is 0.356 e. The SMILES string of the molecule is C=CC1=C(C(=O)OC(c2ccccc2)c2ccccc2)N2C(=O)C(NC(=O)/C(=N/OCc3ccccn3)c3csc(N)n3)[C@H]2SC1. The number of hydrogen-bond donors (Lipinski definition) is 2. The number of carbonyl (C=O) groups excluding carboxylic acids is 3. The molecule has 2 amide bonds. The van der Waals surface area contributed by atoms with Gasteiger partial charge in [0.05, 0.1) is 5.69 Å². The van der Waals surface area contributed by atoms with Crippen LogP contribution in [0.3, 0.4) is 0 Å². The number of thiazole rings is 1. The van der Waals surface area contributed by atoms with E-state index in [1.165, 1.54) is 16.7 Å². The first-order valence-electron chi connectivity index (χ1n) is 14.2. The number of aromatic nitrogens is 2. The Morgan fingerprint density at radius 2 is 1.78 bits per heavy atom. The van der Waals surface area contributed by atoms with Crippen molar-refractivity contribution in [2.24, 2.45) is 5.16 Å². The van der Waals surface area contributed by atoms with Crippen LogP contribution in [0.25, 0.3) is 0 Å². The van der Waals surface area contributed by atoms with Crippen molar-refractivity contribution in [2.45, 2.75) is 24.1 Å². The number of fused-ring (bicyclic) bond motifs is 1. The van der Waals surface area contributed by atoms with Crippen LogP contribution < -0.4 is 11.1 Å². The molecule has 0 saturated carbocycles. The van der Waals surface area contributed by atoms with Gasteiger partial charge in [0.1, 0.15) is 22.8 Å². The molecule has 6 rings (SSSR count). The molecule has 0 bridgehead atoms. The van der Waals surface area contributed by atoms with E-state index in [9.17, 15) is 14.4 Å². The van der Waals surface area contributed by atoms with Gasteiger partial charge in [0.15, 0.2) is 23.6 Å². The molecule has 2 aromatic heterocycles. The van der Waals surface area contributed by atoms with Crippen LogP contribution in [0.5, 0.6) is 0 Å². The molecule has 4 heterocycles. The van der Waals surface area contributed by atoms with Crippen molar-refractivity contribution in [3.63, 3.8) is 0 Å². The fraction of sp³-hybridized carbons (Fsp3) is 0.152. The summed E-state index contributed by atoms with van der Waals surface area (Å²) in [4.78, 5) is 56.1. The third kappa shape index (κ3) is 6.41. The average molecular weight is 653 g/mol. The van der Waals surface area contributed by atoms with Gasteiger partial charge in [0.2, 0.25) is 0 Å². The smallest absolute Gasteiger partial charge is 0.356 e. The summed E-state index contributed by atoms with van der Waals surface area (Å²) < 4.78 is 6.10. The number of allylic oxidation sites excluding steroid dienone is 1. The minimum atomic E-state index is -0.942. The number of amides is 2. The predicted molar refractivity (Wildman–Crippen MR) is 175 cm³/mol. The number of β-lactam (4-membered cyclic amide) rings is 1. The van der Waals surface area contributed by atoms with Crippen molar-refractivity contribution in [2.75, 3.05) is 11.5 Å². The number of carbonyl (C=O) groups is 3. The number of rotatable bonds is 11. The van der Waals surface area contributed by atoms with E-state index < -0.39 is 35.3 Å². The third-order valence-corrected chi connectivity index (χ3v) is 9.20. The lowest BCUT2D eigenvalue weighted by molar-refractivity contribution is -0.154. The van der Waals surface area contributed by atoms with Gasteiger partial charge in [-0.25, -0.2) is 9.78 Å². The topological polar surface area (TPSA) is 149 Å². The maximum absolute atomic E-state index is 13.8. The number of ether oxygens (including phenoxy) is 1. The van der Waals surface area contributed by atoms with Gasteiger partial charge in [-0.2, -0.15) is 0 Å². The van der Waals surface area contributed by atoms with E-state index in [0.29, 0.717) is 17.0 Å². The van der Waals surface area contributed by atoms with E-state index in [-0.39, 0.29) is 28.8 Å². The van der Waals surface area contributed by atoms with Gasteiger partial charge < -0.3 is 20.6 Å². The van der Waals surface area contributed by atoms with E-state index in [1.54, 1.807) is 35.9 Å². The van der Waals surface area contributed by atoms with Crippen LogP contribution >= 0.6 is 23.1 Å². The number of nitrogens with one attached hydrogen (secondary N) is 1. The number of nitrogens with two attached hydrogens (primary N) is 1. The van der Waals surface area contributed by atoms with Gasteiger partial charge in [0.25, 0.3) is 11.8 Å². The van der Waals surface area contributed by atoms with E-state index >= 15 is 0 Å². The van der Waals surface area contributed by atoms with Crippen molar-refractivity contribution in [1.29, 1.82) is 0 Å². The average Bonchev–Trinajstić information content (AvgIpc) is 3.53. The largest absolute Gasteiger partial charge is 0.448 e. The Kier molecular flexibility index (Phi) is 9.22. The van der Waals surface area contributed by atoms with Gasteiger partial charge in [-0.15, -0.1) is 23.1 Å². The van der Waals surface area contributed by atoms with E-state index in [1.807, 2.05) is 60.7 Å². The zero-order valence-electron chi connectivity index (χ0n) is 24.3. The Hall–Kier alpha value is -5.27. The van der Waals surface area contributed by atoms with E-state index in [0.717, 1.165) is 22.5 Å². The van der Waals surface area contributed by atoms with Crippen LogP contribution in [-0.4, -0.2) is 55.5 Å². The molecule has 1 unspecified atom stereocenters. The number of pyridine rings is 1. The van der Waals surface area contributed by atoms with Crippen LogP contribution in [0.1, 0.15) is 28.6 Å². The van der Waals surface area contributed by atoms with Crippen LogP contribution in [0, 0.1) is 0 Å². The number of nitrogen functional groups attached to an aromatic ring is 1. The Morgan fingerprint density at radius 1 is 1.09 bits per heavy atom. The lowest BCUT2D eigenvalue weighted by Gasteiger charge is -2.49. The second-order valence-corrected chi connectivity index (χ2v) is 12.1. The summed E-state index contributed by atoms with van der Waals surface area (Å²) in [5, 5.41) is 8.03. The Balaban J connectivity index is 1.21. The molecule has 11 nitrogen and oxygen atoms in total. The molecule has 0 radical (unpaired) electrons. The van der Waals surface area contributed by atoms with Crippen molar-refractivity contribution in [1.82, 2.24) is 20.2 Å². The normalized spacial score (nSPS) is 17.6. The molecular weight excluding hydrogens is 625 g/mol. The van der Waals surface area contributed by atoms with Crippen LogP contribution in [0.2, 0.25) is 0 Å². The molecule has 1 fully saturated rings. The van der Waals surface area contributed by atoms with Crippen LogP contribution in [-0.2, 0) is 30.6 Å². The monoisotopic (exact) mass is 652 g/mol. The van der Waals surface area contributed by atoms with Crippen molar-refractivity contribution >= 4 is 51.7 Å². The summed E-state index contributed by atoms with van der Waals surface area (Å²) in [6.45, 7) is 3.87. The van der Waals surface area contributed by atoms with Gasteiger partial charge in [-0.1, -0.05) is 84.5 Å². The number of benzene rings is 2. The molecule has 46 heavy (non-hydrogen) atoms. The number of oxime groups is 1. The quantitative estimate of drug-likeness (QED) is 0.105. The summed E-state index contributed by atoms with van der Waals surface area (Å²) in [6, 6.07) is 23.1. The second-order valence-electron chi connectivity index (χ2n) is 10.2. The molecule has 1 saturated heterocycles.